The molecule has 2 heterocycles. The summed E-state index contributed by atoms with van der Waals surface area (Å²) >= 11 is 8.59. The van der Waals surface area contributed by atoms with Crippen molar-refractivity contribution in [3.05, 3.63) is 62.3 Å². The molecule has 29 heavy (non-hydrogen) atoms. The number of pyridine rings is 1. The van der Waals surface area contributed by atoms with Gasteiger partial charge in [-0.2, -0.15) is 0 Å². The van der Waals surface area contributed by atoms with Gasteiger partial charge in [-0.25, -0.2) is 17.8 Å². The number of aliphatic hydroxyl groups is 1. The molecule has 4 rings (SSSR count). The Hall–Kier alpha value is -1.43. The van der Waals surface area contributed by atoms with Gasteiger partial charge in [0.25, 0.3) is 0 Å². The van der Waals surface area contributed by atoms with Gasteiger partial charge in [0.05, 0.1) is 15.5 Å². The van der Waals surface area contributed by atoms with Crippen LogP contribution in [-0.2, 0) is 16.4 Å². The van der Waals surface area contributed by atoms with Crippen LogP contribution in [0.3, 0.4) is 0 Å². The van der Waals surface area contributed by atoms with E-state index in [-0.39, 0.29) is 36.0 Å². The first kappa shape index (κ1) is 20.8. The highest BCUT2D eigenvalue weighted by Gasteiger charge is 2.54. The molecule has 2 aromatic heterocycles. The van der Waals surface area contributed by atoms with E-state index in [9.17, 15) is 17.9 Å². The lowest BCUT2D eigenvalue weighted by molar-refractivity contribution is 0.283. The van der Waals surface area contributed by atoms with Crippen molar-refractivity contribution in [3.63, 3.8) is 0 Å². The molecule has 0 saturated heterocycles. The van der Waals surface area contributed by atoms with Crippen molar-refractivity contribution in [2.24, 2.45) is 0 Å². The van der Waals surface area contributed by atoms with E-state index in [1.165, 1.54) is 6.07 Å². The van der Waals surface area contributed by atoms with Crippen molar-refractivity contribution in [1.82, 2.24) is 9.38 Å². The Morgan fingerprint density at radius 2 is 2.14 bits per heavy atom. The largest absolute Gasteiger partial charge is 0.396 e. The number of sulfonamides is 1. The summed E-state index contributed by atoms with van der Waals surface area (Å²) in [4.78, 5) is 4.21. The third-order valence-electron chi connectivity index (χ3n) is 5.30. The Bertz CT molecular complexity index is 1190. The molecule has 6 nitrogen and oxygen atoms in total. The van der Waals surface area contributed by atoms with Crippen molar-refractivity contribution >= 4 is 55.5 Å². The van der Waals surface area contributed by atoms with Crippen LogP contribution in [0.25, 0.3) is 5.65 Å². The first-order chi connectivity index (χ1) is 13.8. The summed E-state index contributed by atoms with van der Waals surface area (Å²) in [6.45, 7) is -0.205. The van der Waals surface area contributed by atoms with Crippen LogP contribution in [0.5, 0.6) is 0 Å². The van der Waals surface area contributed by atoms with Crippen LogP contribution in [0, 0.1) is 9.39 Å². The van der Waals surface area contributed by atoms with Crippen molar-refractivity contribution in [1.29, 1.82) is 0 Å². The molecule has 0 amide bonds. The fourth-order valence-electron chi connectivity index (χ4n) is 3.42. The summed E-state index contributed by atoms with van der Waals surface area (Å²) in [5.74, 6) is -0.385. The minimum absolute atomic E-state index is 0.107. The van der Waals surface area contributed by atoms with E-state index >= 15 is 0 Å². The molecule has 10 heteroatoms. The van der Waals surface area contributed by atoms with Gasteiger partial charge in [0.15, 0.2) is 5.65 Å². The zero-order valence-corrected chi connectivity index (χ0v) is 18.9. The second kappa shape index (κ2) is 7.68. The molecule has 1 saturated carbocycles. The predicted octanol–water partition coefficient (Wildman–Crippen LogP) is 3.98. The monoisotopic (exact) mass is 549 g/mol. The molecule has 1 aliphatic carbocycles. The van der Waals surface area contributed by atoms with Gasteiger partial charge in [-0.15, -0.1) is 0 Å². The number of rotatable bonds is 7. The lowest BCUT2D eigenvalue weighted by Crippen LogP contribution is -2.31. The number of halogens is 3. The molecule has 0 bridgehead atoms. The van der Waals surface area contributed by atoms with Crippen LogP contribution < -0.4 is 4.72 Å². The average Bonchev–Trinajstić information content (AvgIpc) is 3.30. The first-order valence-electron chi connectivity index (χ1n) is 8.97. The maximum Gasteiger partial charge on any atom is 0.238 e. The molecule has 154 valence electrons. The number of benzene rings is 1. The van der Waals surface area contributed by atoms with E-state index in [2.05, 4.69) is 9.71 Å². The quantitative estimate of drug-likeness (QED) is 0.437. The molecule has 0 radical (unpaired) electrons. The second-order valence-electron chi connectivity index (χ2n) is 7.17. The molecule has 0 aliphatic heterocycles. The van der Waals surface area contributed by atoms with E-state index < -0.39 is 14.8 Å². The van der Waals surface area contributed by atoms with E-state index in [0.29, 0.717) is 29.6 Å². The number of hydrogen-bond acceptors (Lipinski definition) is 4. The lowest BCUT2D eigenvalue weighted by Gasteiger charge is -2.20. The highest BCUT2D eigenvalue weighted by molar-refractivity contribution is 14.1. The molecule has 0 spiro atoms. The zero-order valence-electron chi connectivity index (χ0n) is 15.2. The molecular weight excluding hydrogens is 532 g/mol. The Balaban J connectivity index is 1.79. The van der Waals surface area contributed by atoms with Crippen LogP contribution in [0.4, 0.5) is 10.1 Å². The summed E-state index contributed by atoms with van der Waals surface area (Å²) in [5, 5.41) is 9.53. The van der Waals surface area contributed by atoms with E-state index in [1.54, 1.807) is 35.1 Å². The fourth-order valence-corrected chi connectivity index (χ4v) is 5.87. The van der Waals surface area contributed by atoms with Crippen LogP contribution in [-0.4, -0.2) is 34.3 Å². The molecule has 1 aliphatic rings. The molecule has 0 atom stereocenters. The molecule has 1 aromatic carbocycles. The number of aliphatic hydroxyl groups excluding tert-OH is 1. The summed E-state index contributed by atoms with van der Waals surface area (Å²) < 4.78 is 44.5. The van der Waals surface area contributed by atoms with Gasteiger partial charge in [0, 0.05) is 40.8 Å². The Labute approximate surface area is 186 Å². The number of hydrogen-bond donors (Lipinski definition) is 2. The smallest absolute Gasteiger partial charge is 0.238 e. The van der Waals surface area contributed by atoms with E-state index in [0.717, 1.165) is 3.57 Å². The van der Waals surface area contributed by atoms with Gasteiger partial charge < -0.3 is 9.51 Å². The topological polar surface area (TPSA) is 83.7 Å². The Morgan fingerprint density at radius 1 is 1.38 bits per heavy atom. The third kappa shape index (κ3) is 3.85. The SMILES string of the molecule is O=S(=O)(Nc1cn2ccnc2c(Cl)c1Cc1ccc(I)cc1F)C1(CCO)CC1. The van der Waals surface area contributed by atoms with Crippen LogP contribution in [0.15, 0.2) is 36.8 Å². The Morgan fingerprint density at radius 3 is 2.79 bits per heavy atom. The fraction of sp³-hybridized carbons (Fsp3) is 0.316. The highest BCUT2D eigenvalue weighted by atomic mass is 127. The summed E-state index contributed by atoms with van der Waals surface area (Å²) in [5.41, 5.74) is 1.60. The second-order valence-corrected chi connectivity index (χ2v) is 10.9. The van der Waals surface area contributed by atoms with Gasteiger partial charge in [-0.3, -0.25) is 4.72 Å². The van der Waals surface area contributed by atoms with Crippen LogP contribution in [0.2, 0.25) is 5.02 Å². The van der Waals surface area contributed by atoms with Crippen molar-refractivity contribution < 1.29 is 17.9 Å². The lowest BCUT2D eigenvalue weighted by atomic mass is 10.0. The van der Waals surface area contributed by atoms with Crippen LogP contribution in [0.1, 0.15) is 30.4 Å². The van der Waals surface area contributed by atoms with Gasteiger partial charge in [-0.1, -0.05) is 17.7 Å². The maximum atomic E-state index is 14.5. The number of aromatic nitrogens is 2. The number of anilines is 1. The molecule has 3 aromatic rings. The number of imidazole rings is 1. The minimum Gasteiger partial charge on any atom is -0.396 e. The summed E-state index contributed by atoms with van der Waals surface area (Å²) in [6, 6.07) is 4.86. The van der Waals surface area contributed by atoms with Gasteiger partial charge in [-0.05, 0) is 59.5 Å². The average molecular weight is 550 g/mol. The number of nitrogens with zero attached hydrogens (tertiary/aromatic N) is 2. The normalized spacial score (nSPS) is 15.6. The predicted molar refractivity (Wildman–Crippen MR) is 118 cm³/mol. The number of nitrogens with one attached hydrogen (secondary N) is 1. The molecule has 0 unspecified atom stereocenters. The molecule has 2 N–H and O–H groups in total. The first-order valence-corrected chi connectivity index (χ1v) is 11.9. The van der Waals surface area contributed by atoms with Gasteiger partial charge in [0.1, 0.15) is 5.82 Å². The standard InChI is InChI=1S/C19H18ClFIN3O3S/c20-17-14(9-12-1-2-13(22)10-15(12)21)16(11-25-7-6-23-18(17)25)24-29(27,28)19(3-4-19)5-8-26/h1-2,6-7,10-11,24,26H,3-5,8-9H2. The Kier molecular flexibility index (Phi) is 5.51. The third-order valence-corrected chi connectivity index (χ3v) is 8.60. The minimum atomic E-state index is -3.76. The van der Waals surface area contributed by atoms with Crippen LogP contribution >= 0.6 is 34.2 Å². The van der Waals surface area contributed by atoms with Gasteiger partial charge >= 0.3 is 0 Å². The van der Waals surface area contributed by atoms with E-state index in [1.807, 2.05) is 22.6 Å². The van der Waals surface area contributed by atoms with Crippen molar-refractivity contribution in [2.45, 2.75) is 30.4 Å². The molecular formula is C19H18ClFIN3O3S. The van der Waals surface area contributed by atoms with Crippen molar-refractivity contribution in [2.75, 3.05) is 11.3 Å². The number of fused-ring (bicyclic) bond motifs is 1. The molecule has 1 fully saturated rings. The highest BCUT2D eigenvalue weighted by Crippen LogP contribution is 2.47. The summed E-state index contributed by atoms with van der Waals surface area (Å²) in [6.07, 6.45) is 6.08. The van der Waals surface area contributed by atoms with Gasteiger partial charge in [0.2, 0.25) is 10.0 Å². The summed E-state index contributed by atoms with van der Waals surface area (Å²) in [7, 11) is -3.76. The zero-order chi connectivity index (χ0) is 20.8. The van der Waals surface area contributed by atoms with E-state index in [4.69, 9.17) is 11.6 Å². The maximum absolute atomic E-state index is 14.5. The van der Waals surface area contributed by atoms with Crippen molar-refractivity contribution in [3.8, 4) is 0 Å².